The maximum absolute atomic E-state index is 13.7. The first kappa shape index (κ1) is 30.3. The van der Waals surface area contributed by atoms with E-state index in [1.807, 2.05) is 13.8 Å². The molecule has 0 saturated carbocycles. The zero-order valence-electron chi connectivity index (χ0n) is 22.7. The summed E-state index contributed by atoms with van der Waals surface area (Å²) < 4.78 is 38.1. The number of carbonyl (C=O) groups is 4. The van der Waals surface area contributed by atoms with Crippen molar-refractivity contribution in [3.05, 3.63) is 29.8 Å². The molecule has 39 heavy (non-hydrogen) atoms. The van der Waals surface area contributed by atoms with E-state index in [0.29, 0.717) is 17.7 Å². The third-order valence-corrected chi connectivity index (χ3v) is 6.72. The van der Waals surface area contributed by atoms with Crippen LogP contribution in [0.3, 0.4) is 0 Å². The normalized spacial score (nSPS) is 22.9. The van der Waals surface area contributed by atoms with E-state index in [0.717, 1.165) is 0 Å². The number of rotatable bonds is 6. The van der Waals surface area contributed by atoms with Crippen molar-refractivity contribution in [2.45, 2.75) is 57.5 Å². The predicted molar refractivity (Wildman–Crippen MR) is 138 cm³/mol. The lowest BCUT2D eigenvalue weighted by atomic mass is 10.0. The Morgan fingerprint density at radius 3 is 2.38 bits per heavy atom. The van der Waals surface area contributed by atoms with Crippen LogP contribution in [-0.4, -0.2) is 97.9 Å². The van der Waals surface area contributed by atoms with Gasteiger partial charge in [0.25, 0.3) is 11.8 Å². The Bertz CT molecular complexity index is 1010. The monoisotopic (exact) mass is 552 g/mol. The molecule has 3 aliphatic heterocycles. The van der Waals surface area contributed by atoms with Gasteiger partial charge in [-0.05, 0) is 30.0 Å². The molecule has 1 aromatic carbocycles. The minimum Gasteiger partial charge on any atom is -0.484 e. The molecule has 2 atom stereocenters. The van der Waals surface area contributed by atoms with Crippen molar-refractivity contribution < 1.29 is 37.4 Å². The van der Waals surface area contributed by atoms with Crippen molar-refractivity contribution in [1.82, 2.24) is 20.4 Å². The zero-order chi connectivity index (χ0) is 28.6. The molecule has 216 valence electrons. The van der Waals surface area contributed by atoms with Gasteiger partial charge in [-0.25, -0.2) is 8.78 Å². The molecule has 2 N–H and O–H groups in total. The number of piperidine rings is 1. The van der Waals surface area contributed by atoms with Crippen molar-refractivity contribution >= 4 is 23.6 Å². The smallest absolute Gasteiger partial charge is 0.258 e. The molecule has 12 heteroatoms. The number of alkyl halides is 2. The standard InChI is InChI=1S/C27H38F2N4O6/c1-18(2)14-21-26(37)33(12-13-38-3)16-23(34)30-22(25(36)32-10-8-27(28,29)9-11-32)15-19-4-6-20(7-5-19)39-17-24(35)31-21/h4-7,18,21-22H,8-17H2,1-3H3,(H,30,34)(H,31,35)/t21-,22-/m0/s1. The van der Waals surface area contributed by atoms with E-state index in [-0.39, 0.29) is 51.7 Å². The number of nitrogens with zero attached hydrogens (tertiary/aromatic N) is 2. The Kier molecular flexibility index (Phi) is 10.6. The highest BCUT2D eigenvalue weighted by Crippen LogP contribution is 2.28. The van der Waals surface area contributed by atoms with Crippen LogP contribution in [0.5, 0.6) is 5.75 Å². The second-order valence-corrected chi connectivity index (χ2v) is 10.4. The van der Waals surface area contributed by atoms with Crippen LogP contribution in [-0.2, 0) is 30.3 Å². The van der Waals surface area contributed by atoms with Gasteiger partial charge in [0.2, 0.25) is 17.7 Å². The van der Waals surface area contributed by atoms with Crippen molar-refractivity contribution in [3.63, 3.8) is 0 Å². The van der Waals surface area contributed by atoms with E-state index in [9.17, 15) is 28.0 Å². The van der Waals surface area contributed by atoms with Crippen molar-refractivity contribution in [2.75, 3.05) is 46.5 Å². The van der Waals surface area contributed by atoms with Gasteiger partial charge in [0, 0.05) is 46.0 Å². The second kappa shape index (κ2) is 13.7. The molecule has 4 rings (SSSR count). The fourth-order valence-electron chi connectivity index (χ4n) is 4.61. The van der Waals surface area contributed by atoms with Gasteiger partial charge in [0.05, 0.1) is 13.2 Å². The molecular weight excluding hydrogens is 514 g/mol. The Labute approximate surface area is 227 Å². The lowest BCUT2D eigenvalue weighted by Crippen LogP contribution is -2.56. The fourth-order valence-corrected chi connectivity index (χ4v) is 4.61. The van der Waals surface area contributed by atoms with Crippen molar-refractivity contribution in [3.8, 4) is 5.75 Å². The topological polar surface area (TPSA) is 117 Å². The van der Waals surface area contributed by atoms with E-state index in [2.05, 4.69) is 10.6 Å². The van der Waals surface area contributed by atoms with E-state index < -0.39 is 54.5 Å². The zero-order valence-corrected chi connectivity index (χ0v) is 22.7. The summed E-state index contributed by atoms with van der Waals surface area (Å²) in [6.07, 6.45) is -0.424. The Morgan fingerprint density at radius 2 is 1.77 bits per heavy atom. The Morgan fingerprint density at radius 1 is 1.10 bits per heavy atom. The minimum absolute atomic E-state index is 0.0651. The molecule has 3 heterocycles. The van der Waals surface area contributed by atoms with Gasteiger partial charge in [0.15, 0.2) is 6.61 Å². The summed E-state index contributed by atoms with van der Waals surface area (Å²) in [4.78, 5) is 55.3. The molecule has 0 unspecified atom stereocenters. The van der Waals surface area contributed by atoms with E-state index >= 15 is 0 Å². The first-order valence-corrected chi connectivity index (χ1v) is 13.2. The van der Waals surface area contributed by atoms with E-state index in [4.69, 9.17) is 9.47 Å². The van der Waals surface area contributed by atoms with E-state index in [1.165, 1.54) is 16.9 Å². The number of hydrogen-bond donors (Lipinski definition) is 2. The number of carbonyl (C=O) groups excluding carboxylic acids is 4. The van der Waals surface area contributed by atoms with Gasteiger partial charge in [-0.2, -0.15) is 0 Å². The van der Waals surface area contributed by atoms with Crippen molar-refractivity contribution in [1.29, 1.82) is 0 Å². The highest BCUT2D eigenvalue weighted by molar-refractivity contribution is 5.93. The molecule has 3 aliphatic rings. The predicted octanol–water partition coefficient (Wildman–Crippen LogP) is 1.37. The van der Waals surface area contributed by atoms with Crippen LogP contribution in [0.25, 0.3) is 0 Å². The number of hydrogen-bond acceptors (Lipinski definition) is 6. The Balaban J connectivity index is 1.89. The van der Waals surface area contributed by atoms with Crippen LogP contribution in [0.1, 0.15) is 38.7 Å². The van der Waals surface area contributed by atoms with Crippen LogP contribution in [0.4, 0.5) is 8.78 Å². The molecule has 10 nitrogen and oxygen atoms in total. The summed E-state index contributed by atoms with van der Waals surface area (Å²) in [5.74, 6) is -4.31. The summed E-state index contributed by atoms with van der Waals surface area (Å²) >= 11 is 0. The van der Waals surface area contributed by atoms with Gasteiger partial charge < -0.3 is 29.9 Å². The number of nitrogens with one attached hydrogen (secondary N) is 2. The summed E-state index contributed by atoms with van der Waals surface area (Å²) in [7, 11) is 1.47. The first-order chi connectivity index (χ1) is 18.5. The number of amides is 4. The van der Waals surface area contributed by atoms with Crippen LogP contribution < -0.4 is 15.4 Å². The van der Waals surface area contributed by atoms with Crippen LogP contribution in [0.2, 0.25) is 0 Å². The molecule has 0 spiro atoms. The molecule has 0 aliphatic carbocycles. The fraction of sp³-hybridized carbons (Fsp3) is 0.630. The summed E-state index contributed by atoms with van der Waals surface area (Å²) in [5.41, 5.74) is 0.698. The first-order valence-electron chi connectivity index (χ1n) is 13.2. The largest absolute Gasteiger partial charge is 0.484 e. The lowest BCUT2D eigenvalue weighted by Gasteiger charge is -2.34. The average molecular weight is 553 g/mol. The van der Waals surface area contributed by atoms with Crippen LogP contribution >= 0.6 is 0 Å². The summed E-state index contributed by atoms with van der Waals surface area (Å²) in [5, 5.41) is 5.44. The maximum Gasteiger partial charge on any atom is 0.258 e. The lowest BCUT2D eigenvalue weighted by molar-refractivity contribution is -0.143. The van der Waals surface area contributed by atoms with Gasteiger partial charge in [-0.3, -0.25) is 19.2 Å². The molecule has 1 aromatic rings. The highest BCUT2D eigenvalue weighted by Gasteiger charge is 2.38. The van der Waals surface area contributed by atoms with Crippen molar-refractivity contribution in [2.24, 2.45) is 5.92 Å². The maximum atomic E-state index is 13.7. The number of methoxy groups -OCH3 is 1. The van der Waals surface area contributed by atoms with Crippen LogP contribution in [0.15, 0.2) is 24.3 Å². The molecule has 1 fully saturated rings. The number of fused-ring (bicyclic) bond motifs is 13. The average Bonchev–Trinajstić information content (AvgIpc) is 2.88. The Hall–Kier alpha value is -3.28. The van der Waals surface area contributed by atoms with Crippen LogP contribution in [0, 0.1) is 5.92 Å². The molecule has 0 aromatic heterocycles. The highest BCUT2D eigenvalue weighted by atomic mass is 19.3. The van der Waals surface area contributed by atoms with Gasteiger partial charge in [-0.15, -0.1) is 0 Å². The molecule has 0 radical (unpaired) electrons. The number of benzene rings is 1. The molecule has 1 saturated heterocycles. The quantitative estimate of drug-likeness (QED) is 0.515. The summed E-state index contributed by atoms with van der Waals surface area (Å²) in [6, 6.07) is 4.80. The molecule has 4 amide bonds. The van der Waals surface area contributed by atoms with Gasteiger partial charge in [0.1, 0.15) is 17.8 Å². The third kappa shape index (κ3) is 9.15. The third-order valence-electron chi connectivity index (χ3n) is 6.72. The number of ether oxygens (including phenoxy) is 2. The molecular formula is C27H38F2N4O6. The SMILES string of the molecule is COCCN1CC(=O)N[C@H](C(=O)N2CCC(F)(F)CC2)Cc2ccc(cc2)OCC(=O)N[C@@H](CC(C)C)C1=O. The summed E-state index contributed by atoms with van der Waals surface area (Å²) in [6.45, 7) is 3.17. The molecule has 2 bridgehead atoms. The second-order valence-electron chi connectivity index (χ2n) is 10.4. The van der Waals surface area contributed by atoms with E-state index in [1.54, 1.807) is 24.3 Å². The van der Waals surface area contributed by atoms with Gasteiger partial charge in [-0.1, -0.05) is 26.0 Å². The number of likely N-dealkylation sites (tertiary alicyclic amines) is 1. The minimum atomic E-state index is -2.82. The number of halogens is 2. The van der Waals surface area contributed by atoms with Gasteiger partial charge >= 0.3 is 0 Å².